The van der Waals surface area contributed by atoms with Gasteiger partial charge >= 0.3 is 5.97 Å². The van der Waals surface area contributed by atoms with Gasteiger partial charge in [0.1, 0.15) is 12.7 Å². The van der Waals surface area contributed by atoms with Crippen molar-refractivity contribution in [2.45, 2.75) is 26.7 Å². The molecule has 0 aromatic carbocycles. The van der Waals surface area contributed by atoms with Gasteiger partial charge in [-0.2, -0.15) is 0 Å². The first-order chi connectivity index (χ1) is 8.70. The third-order valence-corrected chi connectivity index (χ3v) is 1.82. The maximum absolute atomic E-state index is 11.2. The Balaban J connectivity index is 3.81. The van der Waals surface area contributed by atoms with E-state index in [0.29, 0.717) is 6.61 Å². The summed E-state index contributed by atoms with van der Waals surface area (Å²) in [6.45, 7) is 4.17. The molecule has 18 heavy (non-hydrogen) atoms. The van der Waals surface area contributed by atoms with Crippen LogP contribution in [0.2, 0.25) is 0 Å². The SMILES string of the molecule is C#CCOC(=O)/C=C(C)/C=C/CCCOC#CC. The second kappa shape index (κ2) is 11.4. The summed E-state index contributed by atoms with van der Waals surface area (Å²) < 4.78 is 9.71. The summed E-state index contributed by atoms with van der Waals surface area (Å²) in [5.41, 5.74) is 0.825. The van der Waals surface area contributed by atoms with E-state index in [-0.39, 0.29) is 6.61 Å². The lowest BCUT2D eigenvalue weighted by Gasteiger charge is -1.96. The first kappa shape index (κ1) is 15.9. The Bertz CT molecular complexity index is 400. The van der Waals surface area contributed by atoms with E-state index in [1.807, 2.05) is 19.1 Å². The second-order valence-electron chi connectivity index (χ2n) is 3.45. The summed E-state index contributed by atoms with van der Waals surface area (Å²) in [6.07, 6.45) is 14.5. The highest BCUT2D eigenvalue weighted by atomic mass is 16.5. The molecule has 0 amide bonds. The van der Waals surface area contributed by atoms with Crippen LogP contribution < -0.4 is 0 Å². The third-order valence-electron chi connectivity index (χ3n) is 1.82. The van der Waals surface area contributed by atoms with Crippen molar-refractivity contribution in [1.82, 2.24) is 0 Å². The normalized spacial score (nSPS) is 10.4. The van der Waals surface area contributed by atoms with Gasteiger partial charge < -0.3 is 9.47 Å². The first-order valence-electron chi connectivity index (χ1n) is 5.69. The van der Waals surface area contributed by atoms with Crippen LogP contribution >= 0.6 is 0 Å². The van der Waals surface area contributed by atoms with Crippen molar-refractivity contribution < 1.29 is 14.3 Å². The average Bonchev–Trinajstić information content (AvgIpc) is 2.35. The topological polar surface area (TPSA) is 35.5 Å². The largest absolute Gasteiger partial charge is 0.449 e. The van der Waals surface area contributed by atoms with Gasteiger partial charge in [-0.1, -0.05) is 24.0 Å². The van der Waals surface area contributed by atoms with Crippen molar-refractivity contribution in [3.63, 3.8) is 0 Å². The predicted molar refractivity (Wildman–Crippen MR) is 71.3 cm³/mol. The van der Waals surface area contributed by atoms with Crippen LogP contribution in [0.3, 0.4) is 0 Å². The standard InChI is InChI=1S/C15H18O3/c1-4-10-17-12-8-6-7-9-14(3)13-15(16)18-11-5-2/h2,7,9,13H,6,8,11-12H2,1,3H3/b9-7+,14-13+. The minimum Gasteiger partial charge on any atom is -0.449 e. The van der Waals surface area contributed by atoms with E-state index in [1.54, 1.807) is 6.92 Å². The molecule has 0 fully saturated rings. The molecule has 96 valence electrons. The Morgan fingerprint density at radius 3 is 2.89 bits per heavy atom. The molecule has 0 unspecified atom stereocenters. The molecule has 0 aromatic heterocycles. The number of rotatable bonds is 7. The van der Waals surface area contributed by atoms with Crippen LogP contribution in [0.4, 0.5) is 0 Å². The molecule has 3 heteroatoms. The monoisotopic (exact) mass is 246 g/mol. The van der Waals surface area contributed by atoms with Gasteiger partial charge in [-0.05, 0) is 25.3 Å². The first-order valence-corrected chi connectivity index (χ1v) is 5.69. The molecule has 0 atom stereocenters. The molecule has 0 N–H and O–H groups in total. The van der Waals surface area contributed by atoms with Gasteiger partial charge in [0.15, 0.2) is 6.61 Å². The number of hydrogen-bond donors (Lipinski definition) is 0. The minimum atomic E-state index is -0.420. The quantitative estimate of drug-likeness (QED) is 0.227. The molecule has 3 nitrogen and oxygen atoms in total. The fraction of sp³-hybridized carbons (Fsp3) is 0.400. The number of terminal acetylenes is 1. The number of allylic oxidation sites excluding steroid dienone is 3. The minimum absolute atomic E-state index is 0.00211. The summed E-state index contributed by atoms with van der Waals surface area (Å²) in [5.74, 6) is 4.46. The maximum Gasteiger partial charge on any atom is 0.331 e. The molecule has 0 saturated carbocycles. The van der Waals surface area contributed by atoms with Crippen molar-refractivity contribution in [2.24, 2.45) is 0 Å². The predicted octanol–water partition coefficient (Wildman–Crippen LogP) is 2.44. The molecule has 0 aliphatic carbocycles. The van der Waals surface area contributed by atoms with Gasteiger partial charge in [0, 0.05) is 13.0 Å². The van der Waals surface area contributed by atoms with Crippen LogP contribution in [0, 0.1) is 24.4 Å². The van der Waals surface area contributed by atoms with Crippen molar-refractivity contribution in [3.8, 4) is 24.4 Å². The van der Waals surface area contributed by atoms with Crippen LogP contribution in [0.15, 0.2) is 23.8 Å². The highest BCUT2D eigenvalue weighted by molar-refractivity contribution is 5.83. The Labute approximate surface area is 109 Å². The zero-order chi connectivity index (χ0) is 13.6. The average molecular weight is 246 g/mol. The molecule has 0 aliphatic heterocycles. The highest BCUT2D eigenvalue weighted by Gasteiger charge is 1.95. The van der Waals surface area contributed by atoms with Crippen LogP contribution in [0.1, 0.15) is 26.7 Å². The molecule has 0 aromatic rings. The van der Waals surface area contributed by atoms with E-state index in [4.69, 9.17) is 15.9 Å². The summed E-state index contributed by atoms with van der Waals surface area (Å²) >= 11 is 0. The smallest absolute Gasteiger partial charge is 0.331 e. The molecule has 0 rings (SSSR count). The zero-order valence-corrected chi connectivity index (χ0v) is 10.9. The molecule has 0 bridgehead atoms. The van der Waals surface area contributed by atoms with Crippen molar-refractivity contribution in [2.75, 3.05) is 13.2 Å². The molecular formula is C15H18O3. The van der Waals surface area contributed by atoms with Crippen molar-refractivity contribution in [3.05, 3.63) is 23.8 Å². The van der Waals surface area contributed by atoms with Gasteiger partial charge in [0.2, 0.25) is 0 Å². The number of unbranched alkanes of at least 4 members (excludes halogenated alkanes) is 1. The molecule has 0 spiro atoms. The van der Waals surface area contributed by atoms with E-state index >= 15 is 0 Å². The molecule has 0 saturated heterocycles. The molecule has 0 radical (unpaired) electrons. The van der Waals surface area contributed by atoms with E-state index in [1.165, 1.54) is 6.08 Å². The Hall–Kier alpha value is -2.13. The third kappa shape index (κ3) is 10.4. The van der Waals surface area contributed by atoms with Gasteiger partial charge in [0.25, 0.3) is 0 Å². The number of carbonyl (C=O) groups is 1. The Morgan fingerprint density at radius 2 is 2.22 bits per heavy atom. The van der Waals surface area contributed by atoms with Crippen molar-refractivity contribution >= 4 is 5.97 Å². The van der Waals surface area contributed by atoms with Crippen LogP contribution in [-0.4, -0.2) is 19.2 Å². The fourth-order valence-electron chi connectivity index (χ4n) is 1.05. The molecular weight excluding hydrogens is 228 g/mol. The number of carbonyl (C=O) groups excluding carboxylic acids is 1. The summed E-state index contributed by atoms with van der Waals surface area (Å²) in [7, 11) is 0. The maximum atomic E-state index is 11.2. The van der Waals surface area contributed by atoms with E-state index in [9.17, 15) is 4.79 Å². The lowest BCUT2D eigenvalue weighted by atomic mass is 10.2. The second-order valence-corrected chi connectivity index (χ2v) is 3.45. The molecule has 0 heterocycles. The van der Waals surface area contributed by atoms with Gasteiger partial charge in [-0.15, -0.1) is 6.42 Å². The highest BCUT2D eigenvalue weighted by Crippen LogP contribution is 1.99. The Kier molecular flexibility index (Phi) is 10.0. The van der Waals surface area contributed by atoms with E-state index in [2.05, 4.69) is 17.9 Å². The summed E-state index contributed by atoms with van der Waals surface area (Å²) in [5, 5.41) is 0. The lowest BCUT2D eigenvalue weighted by Crippen LogP contribution is -2.00. The van der Waals surface area contributed by atoms with Crippen LogP contribution in [0.5, 0.6) is 0 Å². The van der Waals surface area contributed by atoms with E-state index < -0.39 is 5.97 Å². The van der Waals surface area contributed by atoms with Gasteiger partial charge in [-0.3, -0.25) is 0 Å². The lowest BCUT2D eigenvalue weighted by molar-refractivity contribution is -0.136. The van der Waals surface area contributed by atoms with Gasteiger partial charge in [0.05, 0.1) is 0 Å². The van der Waals surface area contributed by atoms with Crippen molar-refractivity contribution in [1.29, 1.82) is 0 Å². The summed E-state index contributed by atoms with van der Waals surface area (Å²) in [4.78, 5) is 11.2. The molecule has 0 aliphatic rings. The summed E-state index contributed by atoms with van der Waals surface area (Å²) in [6, 6.07) is 0. The van der Waals surface area contributed by atoms with E-state index in [0.717, 1.165) is 18.4 Å². The van der Waals surface area contributed by atoms with Crippen LogP contribution in [0.25, 0.3) is 0 Å². The number of hydrogen-bond acceptors (Lipinski definition) is 3. The van der Waals surface area contributed by atoms with Crippen LogP contribution in [-0.2, 0) is 14.3 Å². The Morgan fingerprint density at radius 1 is 1.44 bits per heavy atom. The van der Waals surface area contributed by atoms with Gasteiger partial charge in [-0.25, -0.2) is 4.79 Å². The fourth-order valence-corrected chi connectivity index (χ4v) is 1.05. The number of esters is 1. The number of ether oxygens (including phenoxy) is 2. The zero-order valence-electron chi connectivity index (χ0n) is 10.9.